The fourth-order valence-corrected chi connectivity index (χ4v) is 4.45. The highest BCUT2D eigenvalue weighted by atomic mass is 16.5. The maximum absolute atomic E-state index is 13.1. The van der Waals surface area contributed by atoms with Crippen LogP contribution in [0.5, 0.6) is 5.75 Å². The minimum atomic E-state index is -0.439. The van der Waals surface area contributed by atoms with Gasteiger partial charge in [0, 0.05) is 32.7 Å². The van der Waals surface area contributed by atoms with Crippen LogP contribution in [0.3, 0.4) is 0 Å². The van der Waals surface area contributed by atoms with Gasteiger partial charge in [-0.2, -0.15) is 0 Å². The Bertz CT molecular complexity index is 943. The van der Waals surface area contributed by atoms with Crippen LogP contribution < -0.4 is 10.1 Å². The fourth-order valence-electron chi connectivity index (χ4n) is 4.45. The molecule has 0 saturated carbocycles. The molecule has 0 aliphatic carbocycles. The monoisotopic (exact) mass is 407 g/mol. The molecule has 0 bridgehead atoms. The van der Waals surface area contributed by atoms with Gasteiger partial charge in [-0.05, 0) is 41.7 Å². The summed E-state index contributed by atoms with van der Waals surface area (Å²) in [6.45, 7) is 5.33. The van der Waals surface area contributed by atoms with Crippen LogP contribution in [0.1, 0.15) is 28.7 Å². The van der Waals surface area contributed by atoms with Crippen molar-refractivity contribution in [1.29, 1.82) is 0 Å². The van der Waals surface area contributed by atoms with Crippen molar-refractivity contribution < 1.29 is 14.3 Å². The average molecular weight is 408 g/mol. The molecule has 2 aliphatic heterocycles. The van der Waals surface area contributed by atoms with Crippen LogP contribution >= 0.6 is 0 Å². The van der Waals surface area contributed by atoms with Gasteiger partial charge >= 0.3 is 0 Å². The maximum Gasteiger partial charge on any atom is 0.237 e. The third-order valence-corrected chi connectivity index (χ3v) is 6.14. The summed E-state index contributed by atoms with van der Waals surface area (Å²) in [5.74, 6) is 0.840. The van der Waals surface area contributed by atoms with Crippen molar-refractivity contribution >= 4 is 11.8 Å². The summed E-state index contributed by atoms with van der Waals surface area (Å²) in [5.41, 5.74) is 4.70. The number of methoxy groups -OCH3 is 1. The van der Waals surface area contributed by atoms with Crippen LogP contribution in [0.4, 0.5) is 0 Å². The van der Waals surface area contributed by atoms with E-state index < -0.39 is 6.04 Å². The first-order valence-corrected chi connectivity index (χ1v) is 10.5. The van der Waals surface area contributed by atoms with Crippen LogP contribution in [-0.2, 0) is 29.1 Å². The lowest BCUT2D eigenvalue weighted by Gasteiger charge is -2.36. The first-order chi connectivity index (χ1) is 14.5. The second kappa shape index (κ2) is 8.88. The Balaban J connectivity index is 1.45. The topological polar surface area (TPSA) is 61.9 Å². The van der Waals surface area contributed by atoms with E-state index in [0.29, 0.717) is 26.2 Å². The van der Waals surface area contributed by atoms with Crippen molar-refractivity contribution in [2.24, 2.45) is 0 Å². The minimum absolute atomic E-state index is 0.0439. The number of benzene rings is 2. The molecule has 4 rings (SSSR count). The van der Waals surface area contributed by atoms with Crippen LogP contribution in [0.2, 0.25) is 0 Å². The lowest BCUT2D eigenvalue weighted by molar-refractivity contribution is -0.139. The van der Waals surface area contributed by atoms with Crippen molar-refractivity contribution in [3.63, 3.8) is 0 Å². The number of ether oxygens (including phenoxy) is 1. The van der Waals surface area contributed by atoms with E-state index in [2.05, 4.69) is 28.4 Å². The lowest BCUT2D eigenvalue weighted by atomic mass is 9.99. The number of aryl methyl sites for hydroxylation is 1. The van der Waals surface area contributed by atoms with Crippen LogP contribution in [0, 0.1) is 6.92 Å². The molecule has 30 heavy (non-hydrogen) atoms. The number of nitrogens with one attached hydrogen (secondary N) is 1. The van der Waals surface area contributed by atoms with Gasteiger partial charge in [-0.3, -0.25) is 14.5 Å². The third-order valence-electron chi connectivity index (χ3n) is 6.14. The predicted molar refractivity (Wildman–Crippen MR) is 115 cm³/mol. The number of hydrogen-bond donors (Lipinski definition) is 1. The standard InChI is InChI=1S/C24H29N3O3/c1-17-13-18(7-8-22(17)30-2)15-26-12-10-25-24(29)21(26)14-23(28)27-11-9-19-5-3-4-6-20(19)16-27/h3-8,13,21H,9-12,14-16H2,1-2H3,(H,25,29)/t21-/m0/s1. The lowest BCUT2D eigenvalue weighted by Crippen LogP contribution is -2.56. The second-order valence-electron chi connectivity index (χ2n) is 8.12. The van der Waals surface area contributed by atoms with E-state index in [9.17, 15) is 9.59 Å². The first-order valence-electron chi connectivity index (χ1n) is 10.5. The molecule has 0 unspecified atom stereocenters. The highest BCUT2D eigenvalue weighted by molar-refractivity contribution is 5.89. The summed E-state index contributed by atoms with van der Waals surface area (Å²) in [7, 11) is 1.66. The highest BCUT2D eigenvalue weighted by Gasteiger charge is 2.33. The molecule has 1 atom stereocenters. The van der Waals surface area contributed by atoms with Gasteiger partial charge in [0.25, 0.3) is 0 Å². The van der Waals surface area contributed by atoms with Crippen molar-refractivity contribution in [2.45, 2.75) is 38.9 Å². The van der Waals surface area contributed by atoms with E-state index in [-0.39, 0.29) is 18.2 Å². The SMILES string of the molecule is COc1ccc(CN2CCNC(=O)[C@@H]2CC(=O)N2CCc3ccccc3C2)cc1C. The third kappa shape index (κ3) is 4.33. The molecule has 6 nitrogen and oxygen atoms in total. The number of fused-ring (bicyclic) bond motifs is 1. The molecule has 2 aromatic rings. The number of hydrogen-bond acceptors (Lipinski definition) is 4. The molecule has 0 radical (unpaired) electrons. The minimum Gasteiger partial charge on any atom is -0.496 e. The largest absolute Gasteiger partial charge is 0.496 e. The van der Waals surface area contributed by atoms with Gasteiger partial charge in [0.15, 0.2) is 0 Å². The fraction of sp³-hybridized carbons (Fsp3) is 0.417. The van der Waals surface area contributed by atoms with Gasteiger partial charge in [-0.25, -0.2) is 0 Å². The first kappa shape index (κ1) is 20.4. The van der Waals surface area contributed by atoms with Crippen LogP contribution in [-0.4, -0.2) is 54.4 Å². The Morgan fingerprint density at radius 1 is 1.17 bits per heavy atom. The predicted octanol–water partition coefficient (Wildman–Crippen LogP) is 2.28. The Morgan fingerprint density at radius 2 is 1.97 bits per heavy atom. The maximum atomic E-state index is 13.1. The molecule has 6 heteroatoms. The van der Waals surface area contributed by atoms with E-state index in [0.717, 1.165) is 29.8 Å². The number of amides is 2. The number of carbonyl (C=O) groups is 2. The number of carbonyl (C=O) groups excluding carboxylic acids is 2. The summed E-state index contributed by atoms with van der Waals surface area (Å²) in [6.07, 6.45) is 1.08. The zero-order valence-corrected chi connectivity index (χ0v) is 17.7. The molecule has 0 spiro atoms. The average Bonchev–Trinajstić information content (AvgIpc) is 2.76. The molecule has 2 amide bonds. The van der Waals surface area contributed by atoms with Gasteiger partial charge in [-0.1, -0.05) is 36.4 Å². The van der Waals surface area contributed by atoms with Crippen molar-refractivity contribution in [3.05, 3.63) is 64.7 Å². The highest BCUT2D eigenvalue weighted by Crippen LogP contribution is 2.23. The Hall–Kier alpha value is -2.86. The van der Waals surface area contributed by atoms with Crippen LogP contribution in [0.25, 0.3) is 0 Å². The Morgan fingerprint density at radius 3 is 2.73 bits per heavy atom. The number of nitrogens with zero attached hydrogens (tertiary/aromatic N) is 2. The van der Waals surface area contributed by atoms with E-state index in [1.165, 1.54) is 11.1 Å². The Labute approximate surface area is 177 Å². The number of piperazine rings is 1. The zero-order chi connectivity index (χ0) is 21.1. The summed E-state index contributed by atoms with van der Waals surface area (Å²) in [6, 6.07) is 13.9. The summed E-state index contributed by atoms with van der Waals surface area (Å²) < 4.78 is 5.35. The van der Waals surface area contributed by atoms with Gasteiger partial charge in [0.2, 0.25) is 11.8 Å². The van der Waals surface area contributed by atoms with Crippen molar-refractivity contribution in [2.75, 3.05) is 26.7 Å². The zero-order valence-electron chi connectivity index (χ0n) is 17.7. The normalized spacial score (nSPS) is 19.2. The molecule has 0 aromatic heterocycles. The van der Waals surface area contributed by atoms with Crippen LogP contribution in [0.15, 0.2) is 42.5 Å². The van der Waals surface area contributed by atoms with E-state index >= 15 is 0 Å². The second-order valence-corrected chi connectivity index (χ2v) is 8.12. The van der Waals surface area contributed by atoms with Gasteiger partial charge in [0.1, 0.15) is 5.75 Å². The van der Waals surface area contributed by atoms with E-state index in [4.69, 9.17) is 4.74 Å². The molecule has 2 heterocycles. The summed E-state index contributed by atoms with van der Waals surface area (Å²) >= 11 is 0. The summed E-state index contributed by atoms with van der Waals surface area (Å²) in [4.78, 5) is 29.7. The molecule has 1 fully saturated rings. The summed E-state index contributed by atoms with van der Waals surface area (Å²) in [5, 5.41) is 2.93. The number of rotatable bonds is 5. The van der Waals surface area contributed by atoms with E-state index in [1.54, 1.807) is 7.11 Å². The van der Waals surface area contributed by atoms with Crippen molar-refractivity contribution in [3.8, 4) is 5.75 Å². The molecule has 2 aliphatic rings. The van der Waals surface area contributed by atoms with Gasteiger partial charge in [0.05, 0.1) is 19.6 Å². The smallest absolute Gasteiger partial charge is 0.237 e. The molecular formula is C24H29N3O3. The molecule has 1 saturated heterocycles. The van der Waals surface area contributed by atoms with Gasteiger partial charge in [-0.15, -0.1) is 0 Å². The molecule has 1 N–H and O–H groups in total. The Kier molecular flexibility index (Phi) is 6.04. The molecule has 158 valence electrons. The molecular weight excluding hydrogens is 378 g/mol. The van der Waals surface area contributed by atoms with Crippen molar-refractivity contribution in [1.82, 2.24) is 15.1 Å². The van der Waals surface area contributed by atoms with Gasteiger partial charge < -0.3 is 15.0 Å². The van der Waals surface area contributed by atoms with E-state index in [1.807, 2.05) is 36.1 Å². The molecule has 2 aromatic carbocycles. The quantitative estimate of drug-likeness (QED) is 0.826.